The van der Waals surface area contributed by atoms with E-state index in [0.717, 1.165) is 6.07 Å². The fraction of sp³-hybridized carbons (Fsp3) is 0.588. The first-order valence-electron chi connectivity index (χ1n) is 7.73. The molecule has 0 atom stereocenters. The summed E-state index contributed by atoms with van der Waals surface area (Å²) in [7, 11) is 1.36. The van der Waals surface area contributed by atoms with Gasteiger partial charge in [-0.25, -0.2) is 0 Å². The number of hydrogen-bond donors (Lipinski definition) is 1. The fourth-order valence-corrected chi connectivity index (χ4v) is 2.41. The van der Waals surface area contributed by atoms with Crippen LogP contribution in [0.5, 0.6) is 11.5 Å². The SMILES string of the molecule is CC.CCOC1(c2cc(OC)c(O)cc2C(=O)C(C)(F)F)CC1. The van der Waals surface area contributed by atoms with Crippen LogP contribution in [-0.4, -0.2) is 30.5 Å². The molecule has 130 valence electrons. The third-order valence-electron chi connectivity index (χ3n) is 3.58. The van der Waals surface area contributed by atoms with Crippen molar-refractivity contribution in [1.29, 1.82) is 0 Å². The molecule has 1 aromatic rings. The summed E-state index contributed by atoms with van der Waals surface area (Å²) in [5, 5.41) is 9.78. The summed E-state index contributed by atoms with van der Waals surface area (Å²) in [6, 6.07) is 2.45. The standard InChI is InChI=1S/C15H18F2O4.C2H6/c1-4-21-15(5-6-15)10-8-12(20-3)11(18)7-9(10)13(19)14(2,16)17;1-2/h7-8,18H,4-6H2,1-3H3;1-2H3. The van der Waals surface area contributed by atoms with Crippen molar-refractivity contribution in [2.45, 2.75) is 52.1 Å². The number of benzene rings is 1. The van der Waals surface area contributed by atoms with Crippen molar-refractivity contribution in [3.63, 3.8) is 0 Å². The van der Waals surface area contributed by atoms with Crippen LogP contribution in [0.3, 0.4) is 0 Å². The van der Waals surface area contributed by atoms with E-state index in [2.05, 4.69) is 0 Å². The number of aromatic hydroxyl groups is 1. The molecular formula is C17H24F2O4. The molecule has 0 spiro atoms. The van der Waals surface area contributed by atoms with Gasteiger partial charge in [0, 0.05) is 19.1 Å². The first-order valence-corrected chi connectivity index (χ1v) is 7.73. The number of Topliss-reactive ketones (excluding diaryl/α,β-unsaturated/α-hetero) is 1. The molecule has 0 heterocycles. The van der Waals surface area contributed by atoms with Gasteiger partial charge in [0.15, 0.2) is 11.5 Å². The van der Waals surface area contributed by atoms with Crippen molar-refractivity contribution in [3.05, 3.63) is 23.3 Å². The van der Waals surface area contributed by atoms with Crippen LogP contribution in [0.1, 0.15) is 56.5 Å². The summed E-state index contributed by atoms with van der Waals surface area (Å²) in [5.41, 5.74) is -0.594. The number of ketones is 1. The fourth-order valence-electron chi connectivity index (χ4n) is 2.41. The summed E-state index contributed by atoms with van der Waals surface area (Å²) in [6.07, 6.45) is 1.29. The van der Waals surface area contributed by atoms with Crippen molar-refractivity contribution < 1.29 is 28.2 Å². The number of methoxy groups -OCH3 is 1. The van der Waals surface area contributed by atoms with Gasteiger partial charge in [-0.3, -0.25) is 4.79 Å². The van der Waals surface area contributed by atoms with Crippen LogP contribution in [0.2, 0.25) is 0 Å². The Morgan fingerprint density at radius 2 is 1.91 bits per heavy atom. The number of carbonyl (C=O) groups excluding carboxylic acids is 1. The number of alkyl halides is 2. The maximum atomic E-state index is 13.4. The second-order valence-electron chi connectivity index (χ2n) is 5.21. The van der Waals surface area contributed by atoms with E-state index in [1.165, 1.54) is 13.2 Å². The second-order valence-corrected chi connectivity index (χ2v) is 5.21. The number of halogens is 2. The Morgan fingerprint density at radius 3 is 2.30 bits per heavy atom. The van der Waals surface area contributed by atoms with Gasteiger partial charge in [-0.1, -0.05) is 13.8 Å². The van der Waals surface area contributed by atoms with E-state index in [4.69, 9.17) is 9.47 Å². The van der Waals surface area contributed by atoms with Gasteiger partial charge in [-0.2, -0.15) is 8.78 Å². The third-order valence-corrected chi connectivity index (χ3v) is 3.58. The number of ether oxygens (including phenoxy) is 2. The van der Waals surface area contributed by atoms with E-state index >= 15 is 0 Å². The molecule has 0 radical (unpaired) electrons. The quantitative estimate of drug-likeness (QED) is 0.791. The van der Waals surface area contributed by atoms with Crippen LogP contribution in [0.15, 0.2) is 12.1 Å². The lowest BCUT2D eigenvalue weighted by atomic mass is 9.94. The summed E-state index contributed by atoms with van der Waals surface area (Å²) < 4.78 is 37.4. The van der Waals surface area contributed by atoms with E-state index in [-0.39, 0.29) is 17.1 Å². The highest BCUT2D eigenvalue weighted by atomic mass is 19.3. The average Bonchev–Trinajstić information content (AvgIpc) is 3.28. The van der Waals surface area contributed by atoms with Crippen molar-refractivity contribution in [2.24, 2.45) is 0 Å². The van der Waals surface area contributed by atoms with Crippen LogP contribution in [0.4, 0.5) is 8.78 Å². The van der Waals surface area contributed by atoms with Crippen LogP contribution < -0.4 is 4.74 Å². The summed E-state index contributed by atoms with van der Waals surface area (Å²) in [6.45, 7) is 6.74. The Kier molecular flexibility index (Phi) is 6.11. The molecule has 1 saturated carbocycles. The van der Waals surface area contributed by atoms with Gasteiger partial charge < -0.3 is 14.6 Å². The molecular weight excluding hydrogens is 306 g/mol. The van der Waals surface area contributed by atoms with E-state index in [1.807, 2.05) is 13.8 Å². The second kappa shape index (κ2) is 7.25. The summed E-state index contributed by atoms with van der Waals surface area (Å²) in [4.78, 5) is 12.0. The average molecular weight is 330 g/mol. The topological polar surface area (TPSA) is 55.8 Å². The molecule has 0 aliphatic heterocycles. The molecule has 0 saturated heterocycles. The molecule has 23 heavy (non-hydrogen) atoms. The zero-order chi connectivity index (χ0) is 17.8. The molecule has 0 aromatic heterocycles. The Labute approximate surface area is 135 Å². The summed E-state index contributed by atoms with van der Waals surface area (Å²) in [5.74, 6) is -5.06. The predicted molar refractivity (Wildman–Crippen MR) is 83.5 cm³/mol. The van der Waals surface area contributed by atoms with Gasteiger partial charge in [0.25, 0.3) is 0 Å². The Hall–Kier alpha value is -1.69. The van der Waals surface area contributed by atoms with E-state index in [9.17, 15) is 18.7 Å². The lowest BCUT2D eigenvalue weighted by molar-refractivity contribution is 0.0193. The number of rotatable bonds is 6. The van der Waals surface area contributed by atoms with Gasteiger partial charge in [0.05, 0.1) is 12.7 Å². The van der Waals surface area contributed by atoms with Crippen LogP contribution in [-0.2, 0) is 10.3 Å². The maximum Gasteiger partial charge on any atom is 0.307 e. The summed E-state index contributed by atoms with van der Waals surface area (Å²) >= 11 is 0. The minimum Gasteiger partial charge on any atom is -0.504 e. The predicted octanol–water partition coefficient (Wildman–Crippen LogP) is 4.29. The minimum absolute atomic E-state index is 0.131. The highest BCUT2D eigenvalue weighted by Crippen LogP contribution is 2.52. The van der Waals surface area contributed by atoms with Crippen molar-refractivity contribution in [2.75, 3.05) is 13.7 Å². The molecule has 2 rings (SSSR count). The Bertz CT molecular complexity index is 560. The van der Waals surface area contributed by atoms with Gasteiger partial charge in [0.2, 0.25) is 5.78 Å². The van der Waals surface area contributed by atoms with E-state index in [0.29, 0.717) is 31.9 Å². The highest BCUT2D eigenvalue weighted by Gasteiger charge is 2.49. The number of phenolic OH excluding ortho intramolecular Hbond substituents is 1. The minimum atomic E-state index is -3.52. The molecule has 1 aliphatic rings. The van der Waals surface area contributed by atoms with Gasteiger partial charge in [-0.05, 0) is 37.5 Å². The smallest absolute Gasteiger partial charge is 0.307 e. The van der Waals surface area contributed by atoms with Crippen molar-refractivity contribution >= 4 is 5.78 Å². The molecule has 0 amide bonds. The maximum absolute atomic E-state index is 13.4. The van der Waals surface area contributed by atoms with Gasteiger partial charge >= 0.3 is 5.92 Å². The molecule has 1 fully saturated rings. The third kappa shape index (κ3) is 3.99. The lowest BCUT2D eigenvalue weighted by Gasteiger charge is -2.22. The molecule has 1 aliphatic carbocycles. The molecule has 1 aromatic carbocycles. The van der Waals surface area contributed by atoms with Crippen LogP contribution >= 0.6 is 0 Å². The Balaban J connectivity index is 0.00000127. The van der Waals surface area contributed by atoms with Gasteiger partial charge in [-0.15, -0.1) is 0 Å². The highest BCUT2D eigenvalue weighted by molar-refractivity contribution is 6.03. The number of phenols is 1. The van der Waals surface area contributed by atoms with E-state index in [1.54, 1.807) is 6.92 Å². The normalized spacial score (nSPS) is 15.4. The Morgan fingerprint density at radius 1 is 1.35 bits per heavy atom. The van der Waals surface area contributed by atoms with E-state index < -0.39 is 17.3 Å². The lowest BCUT2D eigenvalue weighted by Crippen LogP contribution is -2.27. The molecule has 0 unspecified atom stereocenters. The first-order chi connectivity index (χ1) is 10.7. The largest absolute Gasteiger partial charge is 0.504 e. The van der Waals surface area contributed by atoms with Crippen molar-refractivity contribution in [3.8, 4) is 11.5 Å². The zero-order valence-electron chi connectivity index (χ0n) is 14.2. The molecule has 1 N–H and O–H groups in total. The van der Waals surface area contributed by atoms with Gasteiger partial charge in [0.1, 0.15) is 0 Å². The molecule has 0 bridgehead atoms. The number of hydrogen-bond acceptors (Lipinski definition) is 4. The van der Waals surface area contributed by atoms with Crippen LogP contribution in [0.25, 0.3) is 0 Å². The van der Waals surface area contributed by atoms with Crippen molar-refractivity contribution in [1.82, 2.24) is 0 Å². The van der Waals surface area contributed by atoms with Crippen LogP contribution in [0, 0.1) is 0 Å². The zero-order valence-corrected chi connectivity index (χ0v) is 14.2. The molecule has 6 heteroatoms. The number of carbonyl (C=O) groups is 1. The molecule has 4 nitrogen and oxygen atoms in total. The monoisotopic (exact) mass is 330 g/mol. The first kappa shape index (κ1) is 19.4.